The minimum absolute atomic E-state index is 0.0611. The van der Waals surface area contributed by atoms with Gasteiger partial charge in [-0.3, -0.25) is 4.79 Å². The molecule has 0 saturated carbocycles. The molecule has 1 heterocycles. The number of pyridine rings is 1. The van der Waals surface area contributed by atoms with E-state index in [9.17, 15) is 14.7 Å². The number of likely N-dealkylation sites (N-methyl/N-ethyl adjacent to an activating group) is 1. The molecule has 1 amide bonds. The molecule has 1 rings (SSSR count). The number of aliphatic hydroxyl groups is 1. The van der Waals surface area contributed by atoms with E-state index in [2.05, 4.69) is 4.98 Å². The number of aromatic nitrogens is 1. The SMILES string of the molecule is CCN(CC(C)(C)O)C(=O)c1cccc(C(=O)O)n1. The lowest BCUT2D eigenvalue weighted by molar-refractivity contribution is 0.0311. The maximum absolute atomic E-state index is 12.2. The van der Waals surface area contributed by atoms with E-state index in [0.29, 0.717) is 6.54 Å². The molecule has 0 atom stereocenters. The van der Waals surface area contributed by atoms with Gasteiger partial charge in [-0.1, -0.05) is 6.07 Å². The number of amides is 1. The zero-order chi connectivity index (χ0) is 14.6. The predicted octanol–water partition coefficient (Wildman–Crippen LogP) is 1.01. The van der Waals surface area contributed by atoms with Crippen LogP contribution in [0, 0.1) is 0 Å². The normalized spacial score (nSPS) is 11.2. The van der Waals surface area contributed by atoms with Gasteiger partial charge in [0.25, 0.3) is 5.91 Å². The van der Waals surface area contributed by atoms with Crippen molar-refractivity contribution in [2.45, 2.75) is 26.4 Å². The summed E-state index contributed by atoms with van der Waals surface area (Å²) < 4.78 is 0. The smallest absolute Gasteiger partial charge is 0.354 e. The van der Waals surface area contributed by atoms with Crippen molar-refractivity contribution in [2.24, 2.45) is 0 Å². The van der Waals surface area contributed by atoms with Crippen LogP contribution in [0.3, 0.4) is 0 Å². The Balaban J connectivity index is 2.97. The quantitative estimate of drug-likeness (QED) is 0.830. The molecular weight excluding hydrogens is 248 g/mol. The molecule has 6 nitrogen and oxygen atoms in total. The molecular formula is C13H18N2O4. The summed E-state index contributed by atoms with van der Waals surface area (Å²) in [6.45, 7) is 5.54. The van der Waals surface area contributed by atoms with Crippen LogP contribution in [0.25, 0.3) is 0 Å². The molecule has 2 N–H and O–H groups in total. The number of hydrogen-bond acceptors (Lipinski definition) is 4. The number of hydrogen-bond donors (Lipinski definition) is 2. The molecule has 19 heavy (non-hydrogen) atoms. The Morgan fingerprint density at radius 3 is 2.37 bits per heavy atom. The van der Waals surface area contributed by atoms with Gasteiger partial charge in [0, 0.05) is 13.1 Å². The third-order valence-electron chi connectivity index (χ3n) is 2.43. The molecule has 0 spiro atoms. The van der Waals surface area contributed by atoms with Gasteiger partial charge >= 0.3 is 5.97 Å². The number of rotatable bonds is 5. The predicted molar refractivity (Wildman–Crippen MR) is 69.1 cm³/mol. The minimum atomic E-state index is -1.18. The van der Waals surface area contributed by atoms with Crippen molar-refractivity contribution < 1.29 is 19.8 Å². The molecule has 0 saturated heterocycles. The van der Waals surface area contributed by atoms with Gasteiger partial charge in [0.1, 0.15) is 11.4 Å². The second-order valence-electron chi connectivity index (χ2n) is 4.84. The second kappa shape index (κ2) is 5.79. The molecule has 1 aromatic rings. The molecule has 1 aromatic heterocycles. The van der Waals surface area contributed by atoms with E-state index in [0.717, 1.165) is 0 Å². The molecule has 6 heteroatoms. The van der Waals surface area contributed by atoms with E-state index in [1.54, 1.807) is 20.8 Å². The van der Waals surface area contributed by atoms with Crippen LogP contribution in [0.4, 0.5) is 0 Å². The summed E-state index contributed by atoms with van der Waals surface area (Å²) in [6.07, 6.45) is 0. The summed E-state index contributed by atoms with van der Waals surface area (Å²) in [7, 11) is 0. The van der Waals surface area contributed by atoms with Gasteiger partial charge < -0.3 is 15.1 Å². The van der Waals surface area contributed by atoms with Crippen LogP contribution in [0.15, 0.2) is 18.2 Å². The lowest BCUT2D eigenvalue weighted by Gasteiger charge is -2.27. The molecule has 104 valence electrons. The topological polar surface area (TPSA) is 90.7 Å². The summed E-state index contributed by atoms with van der Waals surface area (Å²) in [5, 5.41) is 18.6. The molecule has 0 aliphatic heterocycles. The molecule has 0 aromatic carbocycles. The average molecular weight is 266 g/mol. The zero-order valence-electron chi connectivity index (χ0n) is 11.3. The van der Waals surface area contributed by atoms with Crippen LogP contribution >= 0.6 is 0 Å². The first-order valence-corrected chi connectivity index (χ1v) is 5.96. The van der Waals surface area contributed by atoms with Gasteiger partial charge in [0.05, 0.1) is 5.60 Å². The van der Waals surface area contributed by atoms with E-state index < -0.39 is 17.5 Å². The number of nitrogens with zero attached hydrogens (tertiary/aromatic N) is 2. The second-order valence-corrected chi connectivity index (χ2v) is 4.84. The van der Waals surface area contributed by atoms with Crippen molar-refractivity contribution in [1.82, 2.24) is 9.88 Å². The highest BCUT2D eigenvalue weighted by molar-refractivity contribution is 5.94. The van der Waals surface area contributed by atoms with Crippen molar-refractivity contribution >= 4 is 11.9 Å². The van der Waals surface area contributed by atoms with Crippen LogP contribution in [0.5, 0.6) is 0 Å². The van der Waals surface area contributed by atoms with Crippen molar-refractivity contribution in [3.05, 3.63) is 29.6 Å². The standard InChI is InChI=1S/C13H18N2O4/c1-4-15(8-13(2,3)19)11(16)9-6-5-7-10(14-9)12(17)18/h5-7,19H,4,8H2,1-3H3,(H,17,18). The number of carbonyl (C=O) groups is 2. The Bertz CT molecular complexity index is 480. The van der Waals surface area contributed by atoms with Crippen LogP contribution in [-0.2, 0) is 0 Å². The van der Waals surface area contributed by atoms with E-state index >= 15 is 0 Å². The molecule has 0 aliphatic carbocycles. The maximum atomic E-state index is 12.2. The van der Waals surface area contributed by atoms with E-state index in [1.165, 1.54) is 23.1 Å². The average Bonchev–Trinajstić information content (AvgIpc) is 2.34. The molecule has 0 aliphatic rings. The third-order valence-corrected chi connectivity index (χ3v) is 2.43. The fourth-order valence-electron chi connectivity index (χ4n) is 1.63. The van der Waals surface area contributed by atoms with Gasteiger partial charge in [-0.15, -0.1) is 0 Å². The third kappa shape index (κ3) is 4.33. The van der Waals surface area contributed by atoms with Gasteiger partial charge in [0.2, 0.25) is 0 Å². The minimum Gasteiger partial charge on any atom is -0.477 e. The van der Waals surface area contributed by atoms with Crippen LogP contribution < -0.4 is 0 Å². The number of carboxylic acids is 1. The zero-order valence-corrected chi connectivity index (χ0v) is 11.3. The summed E-state index contributed by atoms with van der Waals surface area (Å²) in [5.74, 6) is -1.58. The Labute approximate surface area is 111 Å². The number of aromatic carboxylic acids is 1. The number of carbonyl (C=O) groups excluding carboxylic acids is 1. The largest absolute Gasteiger partial charge is 0.477 e. The lowest BCUT2D eigenvalue weighted by atomic mass is 10.1. The Hall–Kier alpha value is -1.95. The summed E-state index contributed by atoms with van der Waals surface area (Å²) in [4.78, 5) is 28.2. The van der Waals surface area contributed by atoms with Gasteiger partial charge in [-0.2, -0.15) is 0 Å². The Kier molecular flexibility index (Phi) is 4.61. The van der Waals surface area contributed by atoms with Crippen LogP contribution in [-0.4, -0.2) is 50.7 Å². The van der Waals surface area contributed by atoms with Crippen LogP contribution in [0.2, 0.25) is 0 Å². The summed E-state index contributed by atoms with van der Waals surface area (Å²) in [6, 6.07) is 4.26. The first kappa shape index (κ1) is 15.1. The van der Waals surface area contributed by atoms with E-state index in [-0.39, 0.29) is 17.9 Å². The van der Waals surface area contributed by atoms with Crippen molar-refractivity contribution in [1.29, 1.82) is 0 Å². The Morgan fingerprint density at radius 2 is 1.89 bits per heavy atom. The van der Waals surface area contributed by atoms with E-state index in [1.807, 2.05) is 0 Å². The van der Waals surface area contributed by atoms with Gasteiger partial charge in [-0.05, 0) is 32.9 Å². The van der Waals surface area contributed by atoms with E-state index in [4.69, 9.17) is 5.11 Å². The molecule has 0 unspecified atom stereocenters. The lowest BCUT2D eigenvalue weighted by Crippen LogP contribution is -2.42. The first-order valence-electron chi connectivity index (χ1n) is 5.96. The molecule has 0 radical (unpaired) electrons. The van der Waals surface area contributed by atoms with Crippen molar-refractivity contribution in [2.75, 3.05) is 13.1 Å². The fraction of sp³-hybridized carbons (Fsp3) is 0.462. The maximum Gasteiger partial charge on any atom is 0.354 e. The summed E-state index contributed by atoms with van der Waals surface area (Å²) in [5.41, 5.74) is -1.13. The highest BCUT2D eigenvalue weighted by Crippen LogP contribution is 2.09. The molecule has 0 fully saturated rings. The summed E-state index contributed by atoms with van der Waals surface area (Å²) >= 11 is 0. The molecule has 0 bridgehead atoms. The highest BCUT2D eigenvalue weighted by atomic mass is 16.4. The van der Waals surface area contributed by atoms with Crippen molar-refractivity contribution in [3.63, 3.8) is 0 Å². The monoisotopic (exact) mass is 266 g/mol. The fourth-order valence-corrected chi connectivity index (χ4v) is 1.63. The van der Waals surface area contributed by atoms with Gasteiger partial charge in [-0.25, -0.2) is 9.78 Å². The van der Waals surface area contributed by atoms with Gasteiger partial charge in [0.15, 0.2) is 0 Å². The van der Waals surface area contributed by atoms with Crippen molar-refractivity contribution in [3.8, 4) is 0 Å². The Morgan fingerprint density at radius 1 is 1.32 bits per heavy atom. The first-order chi connectivity index (χ1) is 8.74. The highest BCUT2D eigenvalue weighted by Gasteiger charge is 2.23. The van der Waals surface area contributed by atoms with Crippen LogP contribution in [0.1, 0.15) is 41.7 Å². The number of carboxylic acid groups (broad SMARTS) is 1.